The number of aromatic nitrogens is 4. The summed E-state index contributed by atoms with van der Waals surface area (Å²) in [4.78, 5) is 16.6. The molecule has 0 amide bonds. The fourth-order valence-corrected chi connectivity index (χ4v) is 7.27. The quantitative estimate of drug-likeness (QED) is 0.332. The molecular formula is C34H52F2N6O2. The molecule has 0 spiro atoms. The Labute approximate surface area is 261 Å². The van der Waals surface area contributed by atoms with E-state index in [-0.39, 0.29) is 11.6 Å². The lowest BCUT2D eigenvalue weighted by Crippen LogP contribution is -2.36. The van der Waals surface area contributed by atoms with E-state index in [1.165, 1.54) is 63.3 Å². The molecule has 4 heterocycles. The molecule has 2 aliphatic heterocycles. The Kier molecular flexibility index (Phi) is 13.7. The predicted octanol–water partition coefficient (Wildman–Crippen LogP) is 6.10. The zero-order valence-electron chi connectivity index (χ0n) is 26.3. The van der Waals surface area contributed by atoms with Gasteiger partial charge in [-0.3, -0.25) is 0 Å². The molecule has 2 aromatic rings. The number of rotatable bonds is 10. The second kappa shape index (κ2) is 18.1. The van der Waals surface area contributed by atoms with E-state index in [1.54, 1.807) is 0 Å². The summed E-state index contributed by atoms with van der Waals surface area (Å²) in [6.45, 7) is 5.85. The Morgan fingerprint density at radius 2 is 0.864 bits per heavy atom. The van der Waals surface area contributed by atoms with Crippen LogP contribution in [0.15, 0.2) is 24.8 Å². The molecule has 2 saturated heterocycles. The van der Waals surface area contributed by atoms with Gasteiger partial charge in [-0.25, -0.2) is 28.7 Å². The summed E-state index contributed by atoms with van der Waals surface area (Å²) < 4.78 is 36.5. The van der Waals surface area contributed by atoms with Gasteiger partial charge in [0.25, 0.3) is 0 Å². The molecule has 2 aromatic heterocycles. The lowest BCUT2D eigenvalue weighted by molar-refractivity contribution is 0.0773. The summed E-state index contributed by atoms with van der Waals surface area (Å²) in [6, 6.07) is 1.30. The summed E-state index contributed by atoms with van der Waals surface area (Å²) in [5, 5.41) is 7.34. The fraction of sp³-hybridized carbons (Fsp3) is 0.765. The largest absolute Gasteiger partial charge is 0.381 e. The van der Waals surface area contributed by atoms with Gasteiger partial charge in [-0.1, -0.05) is 0 Å². The van der Waals surface area contributed by atoms with Crippen molar-refractivity contribution in [3.05, 3.63) is 48.1 Å². The van der Waals surface area contributed by atoms with Crippen LogP contribution in [0.2, 0.25) is 0 Å². The molecule has 44 heavy (non-hydrogen) atoms. The first-order valence-corrected chi connectivity index (χ1v) is 17.2. The van der Waals surface area contributed by atoms with Crippen LogP contribution in [0.3, 0.4) is 0 Å². The van der Waals surface area contributed by atoms with E-state index in [2.05, 4.69) is 30.6 Å². The predicted molar refractivity (Wildman–Crippen MR) is 166 cm³/mol. The number of halogens is 2. The molecule has 0 unspecified atom stereocenters. The Morgan fingerprint density at radius 1 is 0.523 bits per heavy atom. The zero-order valence-corrected chi connectivity index (χ0v) is 26.3. The van der Waals surface area contributed by atoms with Gasteiger partial charge in [0.2, 0.25) is 0 Å². The van der Waals surface area contributed by atoms with Crippen molar-refractivity contribution in [2.45, 2.75) is 114 Å². The summed E-state index contributed by atoms with van der Waals surface area (Å²) in [5.74, 6) is 3.39. The minimum atomic E-state index is -0.350. The standard InChI is InChI=1S/2C17H26FN3O/c2*18-15-11-20-17(21-12-15)14-3-1-13(2-4-14)5-8-19-16-6-9-22-10-7-16/h2*11-14,16,19H,1-10H2. The van der Waals surface area contributed by atoms with Gasteiger partial charge in [0, 0.05) is 50.3 Å². The van der Waals surface area contributed by atoms with Crippen molar-refractivity contribution < 1.29 is 18.3 Å². The number of nitrogens with one attached hydrogen (secondary N) is 2. The fourth-order valence-electron chi connectivity index (χ4n) is 7.27. The molecule has 2 saturated carbocycles. The molecular weight excluding hydrogens is 562 g/mol. The number of hydrogen-bond donors (Lipinski definition) is 2. The van der Waals surface area contributed by atoms with E-state index in [9.17, 15) is 8.78 Å². The Balaban J connectivity index is 0.000000175. The topological polar surface area (TPSA) is 94.1 Å². The molecule has 4 aliphatic rings. The second-order valence-corrected chi connectivity index (χ2v) is 13.2. The van der Waals surface area contributed by atoms with E-state index < -0.39 is 0 Å². The van der Waals surface area contributed by atoms with Crippen molar-refractivity contribution in [1.82, 2.24) is 30.6 Å². The van der Waals surface area contributed by atoms with Crippen LogP contribution in [0.5, 0.6) is 0 Å². The van der Waals surface area contributed by atoms with Gasteiger partial charge in [-0.2, -0.15) is 0 Å². The van der Waals surface area contributed by atoms with E-state index in [1.807, 2.05) is 0 Å². The van der Waals surface area contributed by atoms with Gasteiger partial charge in [-0.05, 0) is 115 Å². The number of hydrogen-bond acceptors (Lipinski definition) is 8. The molecule has 2 N–H and O–H groups in total. The highest BCUT2D eigenvalue weighted by atomic mass is 19.1. The van der Waals surface area contributed by atoms with Crippen molar-refractivity contribution in [1.29, 1.82) is 0 Å². The van der Waals surface area contributed by atoms with Gasteiger partial charge < -0.3 is 20.1 Å². The molecule has 0 bridgehead atoms. The van der Waals surface area contributed by atoms with Crippen LogP contribution in [-0.4, -0.2) is 71.5 Å². The Bertz CT molecular complexity index is 965. The summed E-state index contributed by atoms with van der Waals surface area (Å²) in [7, 11) is 0. The van der Waals surface area contributed by atoms with Crippen LogP contribution >= 0.6 is 0 Å². The first-order chi connectivity index (χ1) is 21.6. The maximum absolute atomic E-state index is 12.9. The minimum absolute atomic E-state index is 0.350. The van der Waals surface area contributed by atoms with Gasteiger partial charge in [-0.15, -0.1) is 0 Å². The van der Waals surface area contributed by atoms with Gasteiger partial charge in [0.1, 0.15) is 11.6 Å². The normalized spacial score (nSPS) is 27.0. The molecule has 2 aliphatic carbocycles. The minimum Gasteiger partial charge on any atom is -0.381 e. The molecule has 0 radical (unpaired) electrons. The first-order valence-electron chi connectivity index (χ1n) is 17.2. The molecule has 4 fully saturated rings. The molecule has 8 nitrogen and oxygen atoms in total. The van der Waals surface area contributed by atoms with Crippen molar-refractivity contribution in [2.24, 2.45) is 11.8 Å². The third kappa shape index (κ3) is 11.0. The Hall–Kier alpha value is -2.14. The molecule has 10 heteroatoms. The van der Waals surface area contributed by atoms with Crippen LogP contribution in [0.4, 0.5) is 8.78 Å². The third-order valence-electron chi connectivity index (χ3n) is 10.1. The van der Waals surface area contributed by atoms with Crippen molar-refractivity contribution in [3.8, 4) is 0 Å². The second-order valence-electron chi connectivity index (χ2n) is 13.2. The van der Waals surface area contributed by atoms with Gasteiger partial charge >= 0.3 is 0 Å². The average molecular weight is 615 g/mol. The van der Waals surface area contributed by atoms with Crippen LogP contribution in [0, 0.1) is 23.5 Å². The van der Waals surface area contributed by atoms with Crippen molar-refractivity contribution >= 4 is 0 Å². The molecule has 6 rings (SSSR count). The van der Waals surface area contributed by atoms with E-state index >= 15 is 0 Å². The van der Waals surface area contributed by atoms with Crippen LogP contribution < -0.4 is 10.6 Å². The number of nitrogens with zero attached hydrogens (tertiary/aromatic N) is 4. The van der Waals surface area contributed by atoms with Crippen molar-refractivity contribution in [3.63, 3.8) is 0 Å². The van der Waals surface area contributed by atoms with E-state index in [0.717, 1.165) is 114 Å². The average Bonchev–Trinajstić information content (AvgIpc) is 3.08. The Morgan fingerprint density at radius 3 is 1.20 bits per heavy atom. The maximum Gasteiger partial charge on any atom is 0.159 e. The van der Waals surface area contributed by atoms with Gasteiger partial charge in [0.15, 0.2) is 11.6 Å². The lowest BCUT2D eigenvalue weighted by Gasteiger charge is -2.29. The molecule has 0 atom stereocenters. The highest BCUT2D eigenvalue weighted by Gasteiger charge is 2.25. The maximum atomic E-state index is 12.9. The number of ether oxygens (including phenoxy) is 2. The SMILES string of the molecule is Fc1cnc(C2CCC(CCNC3CCOCC3)CC2)nc1.Fc1cnc(C2CCC(CCNC3CCOCC3)CC2)nc1. The summed E-state index contributed by atoms with van der Waals surface area (Å²) in [6.07, 6.45) is 21.7. The smallest absolute Gasteiger partial charge is 0.159 e. The first kappa shape index (κ1) is 33.2. The van der Waals surface area contributed by atoms with Crippen LogP contribution in [-0.2, 0) is 9.47 Å². The third-order valence-corrected chi connectivity index (χ3v) is 10.1. The van der Waals surface area contributed by atoms with Crippen molar-refractivity contribution in [2.75, 3.05) is 39.5 Å². The van der Waals surface area contributed by atoms with E-state index in [0.29, 0.717) is 23.9 Å². The summed E-state index contributed by atoms with van der Waals surface area (Å²) in [5.41, 5.74) is 0. The van der Waals surface area contributed by atoms with Gasteiger partial charge in [0.05, 0.1) is 24.8 Å². The molecule has 0 aromatic carbocycles. The molecule has 244 valence electrons. The van der Waals surface area contributed by atoms with Crippen LogP contribution in [0.1, 0.15) is 113 Å². The summed E-state index contributed by atoms with van der Waals surface area (Å²) >= 11 is 0. The lowest BCUT2D eigenvalue weighted by atomic mass is 9.80. The highest BCUT2D eigenvalue weighted by molar-refractivity contribution is 5.01. The highest BCUT2D eigenvalue weighted by Crippen LogP contribution is 2.36. The monoisotopic (exact) mass is 614 g/mol. The zero-order chi connectivity index (χ0) is 30.4. The van der Waals surface area contributed by atoms with E-state index in [4.69, 9.17) is 9.47 Å². The van der Waals surface area contributed by atoms with Crippen LogP contribution in [0.25, 0.3) is 0 Å².